The second-order valence-electron chi connectivity index (χ2n) is 4.72. The number of aromatic nitrogens is 3. The lowest BCUT2D eigenvalue weighted by molar-refractivity contribution is -0.0279. The third-order valence-electron chi connectivity index (χ3n) is 3.15. The van der Waals surface area contributed by atoms with Crippen LogP contribution in [0.3, 0.4) is 0 Å². The van der Waals surface area contributed by atoms with Crippen LogP contribution in [0.15, 0.2) is 11.1 Å². The summed E-state index contributed by atoms with van der Waals surface area (Å²) in [6.45, 7) is 2.49. The van der Waals surface area contributed by atoms with Gasteiger partial charge in [-0.25, -0.2) is 9.89 Å². The van der Waals surface area contributed by atoms with E-state index in [0.717, 1.165) is 19.3 Å². The van der Waals surface area contributed by atoms with Gasteiger partial charge in [-0.1, -0.05) is 19.8 Å². The standard InChI is InChI=1S/C10H17N3O2/c1-8-3-2-4-10(15,5-8)6-13-7-11-12-9(13)14/h7-8,15H,2-6H2,1H3,(H,12,14). The molecule has 0 amide bonds. The van der Waals surface area contributed by atoms with Crippen molar-refractivity contribution < 1.29 is 5.11 Å². The van der Waals surface area contributed by atoms with E-state index in [9.17, 15) is 9.90 Å². The van der Waals surface area contributed by atoms with Gasteiger partial charge in [-0.3, -0.25) is 4.57 Å². The maximum absolute atomic E-state index is 11.3. The van der Waals surface area contributed by atoms with E-state index in [1.54, 1.807) is 0 Å². The monoisotopic (exact) mass is 211 g/mol. The lowest BCUT2D eigenvalue weighted by atomic mass is 9.79. The van der Waals surface area contributed by atoms with E-state index in [0.29, 0.717) is 12.5 Å². The summed E-state index contributed by atoms with van der Waals surface area (Å²) in [5, 5.41) is 16.3. The summed E-state index contributed by atoms with van der Waals surface area (Å²) in [7, 11) is 0. The highest BCUT2D eigenvalue weighted by Gasteiger charge is 2.33. The molecule has 2 N–H and O–H groups in total. The van der Waals surface area contributed by atoms with Crippen LogP contribution in [0.2, 0.25) is 0 Å². The Morgan fingerprint density at radius 3 is 3.20 bits per heavy atom. The van der Waals surface area contributed by atoms with Gasteiger partial charge in [0.15, 0.2) is 0 Å². The Kier molecular flexibility index (Phi) is 2.65. The lowest BCUT2D eigenvalue weighted by Crippen LogP contribution is -2.40. The number of H-pyrrole nitrogens is 1. The Bertz CT molecular complexity index is 384. The van der Waals surface area contributed by atoms with Crippen molar-refractivity contribution in [2.24, 2.45) is 5.92 Å². The molecule has 1 aromatic heterocycles. The largest absolute Gasteiger partial charge is 0.388 e. The molecular formula is C10H17N3O2. The van der Waals surface area contributed by atoms with Crippen molar-refractivity contribution in [1.82, 2.24) is 14.8 Å². The van der Waals surface area contributed by atoms with Crippen molar-refractivity contribution in [3.8, 4) is 0 Å². The van der Waals surface area contributed by atoms with E-state index in [-0.39, 0.29) is 5.69 Å². The van der Waals surface area contributed by atoms with Gasteiger partial charge in [-0.15, -0.1) is 0 Å². The number of aromatic amines is 1. The number of aliphatic hydroxyl groups is 1. The molecule has 5 nitrogen and oxygen atoms in total. The molecule has 5 heteroatoms. The van der Waals surface area contributed by atoms with Gasteiger partial charge in [0.2, 0.25) is 0 Å². The van der Waals surface area contributed by atoms with Crippen LogP contribution in [0.5, 0.6) is 0 Å². The molecule has 1 saturated carbocycles. The normalized spacial score (nSPS) is 31.7. The maximum Gasteiger partial charge on any atom is 0.343 e. The van der Waals surface area contributed by atoms with Crippen LogP contribution >= 0.6 is 0 Å². The van der Waals surface area contributed by atoms with E-state index < -0.39 is 5.60 Å². The van der Waals surface area contributed by atoms with Crippen LogP contribution in [0.25, 0.3) is 0 Å². The van der Waals surface area contributed by atoms with Gasteiger partial charge >= 0.3 is 5.69 Å². The Morgan fingerprint density at radius 2 is 2.60 bits per heavy atom. The SMILES string of the molecule is CC1CCCC(O)(Cn2cn[nH]c2=O)C1. The minimum absolute atomic E-state index is 0.248. The predicted octanol–water partition coefficient (Wildman–Crippen LogP) is 0.513. The second kappa shape index (κ2) is 3.81. The molecule has 1 aliphatic rings. The minimum Gasteiger partial charge on any atom is -0.388 e. The minimum atomic E-state index is -0.731. The molecule has 1 fully saturated rings. The molecule has 1 aliphatic carbocycles. The molecule has 0 aliphatic heterocycles. The average molecular weight is 211 g/mol. The van der Waals surface area contributed by atoms with Crippen LogP contribution in [-0.4, -0.2) is 25.5 Å². The topological polar surface area (TPSA) is 70.9 Å². The summed E-state index contributed by atoms with van der Waals surface area (Å²) in [5.41, 5.74) is -0.979. The summed E-state index contributed by atoms with van der Waals surface area (Å²) in [5.74, 6) is 0.534. The van der Waals surface area contributed by atoms with Crippen LogP contribution in [-0.2, 0) is 6.54 Å². The molecule has 0 bridgehead atoms. The first-order valence-electron chi connectivity index (χ1n) is 5.41. The summed E-state index contributed by atoms with van der Waals surface area (Å²) in [6, 6.07) is 0. The van der Waals surface area contributed by atoms with Crippen molar-refractivity contribution >= 4 is 0 Å². The van der Waals surface area contributed by atoms with Crippen molar-refractivity contribution in [3.63, 3.8) is 0 Å². The third kappa shape index (κ3) is 2.28. The smallest absolute Gasteiger partial charge is 0.343 e. The number of hydrogen-bond donors (Lipinski definition) is 2. The first kappa shape index (κ1) is 10.4. The van der Waals surface area contributed by atoms with Gasteiger partial charge in [0.1, 0.15) is 6.33 Å². The lowest BCUT2D eigenvalue weighted by Gasteiger charge is -2.35. The molecule has 84 valence electrons. The van der Waals surface area contributed by atoms with Gasteiger partial charge < -0.3 is 5.11 Å². The average Bonchev–Trinajstić information content (AvgIpc) is 2.50. The summed E-state index contributed by atoms with van der Waals surface area (Å²) < 4.78 is 1.44. The fourth-order valence-electron chi connectivity index (χ4n) is 2.48. The Morgan fingerprint density at radius 1 is 1.80 bits per heavy atom. The fourth-order valence-corrected chi connectivity index (χ4v) is 2.48. The van der Waals surface area contributed by atoms with E-state index in [1.807, 2.05) is 0 Å². The van der Waals surface area contributed by atoms with Crippen LogP contribution in [0, 0.1) is 5.92 Å². The maximum atomic E-state index is 11.3. The van der Waals surface area contributed by atoms with Crippen molar-refractivity contribution in [1.29, 1.82) is 0 Å². The number of rotatable bonds is 2. The predicted molar refractivity (Wildman–Crippen MR) is 55.4 cm³/mol. The van der Waals surface area contributed by atoms with E-state index >= 15 is 0 Å². The van der Waals surface area contributed by atoms with Crippen molar-refractivity contribution in [2.45, 2.75) is 44.8 Å². The zero-order valence-electron chi connectivity index (χ0n) is 8.94. The number of nitrogens with one attached hydrogen (secondary N) is 1. The molecule has 1 aromatic rings. The molecule has 0 spiro atoms. The zero-order chi connectivity index (χ0) is 10.9. The van der Waals surface area contributed by atoms with E-state index in [1.165, 1.54) is 17.3 Å². The molecule has 1 heterocycles. The third-order valence-corrected chi connectivity index (χ3v) is 3.15. The first-order chi connectivity index (χ1) is 7.09. The number of nitrogens with zero attached hydrogens (tertiary/aromatic N) is 2. The molecule has 2 atom stereocenters. The molecule has 15 heavy (non-hydrogen) atoms. The molecule has 0 saturated heterocycles. The molecule has 0 radical (unpaired) electrons. The van der Waals surface area contributed by atoms with E-state index in [4.69, 9.17) is 0 Å². The van der Waals surface area contributed by atoms with Gasteiger partial charge in [-0.2, -0.15) is 5.10 Å². The van der Waals surface area contributed by atoms with Crippen LogP contribution in [0.4, 0.5) is 0 Å². The zero-order valence-corrected chi connectivity index (χ0v) is 8.94. The van der Waals surface area contributed by atoms with Gasteiger partial charge in [0, 0.05) is 0 Å². The molecular weight excluding hydrogens is 194 g/mol. The highest BCUT2D eigenvalue weighted by atomic mass is 16.3. The Hall–Kier alpha value is -1.10. The second-order valence-corrected chi connectivity index (χ2v) is 4.72. The van der Waals surface area contributed by atoms with Crippen molar-refractivity contribution in [3.05, 3.63) is 16.8 Å². The molecule has 2 rings (SSSR count). The van der Waals surface area contributed by atoms with Gasteiger partial charge in [-0.05, 0) is 18.8 Å². The summed E-state index contributed by atoms with van der Waals surface area (Å²) >= 11 is 0. The van der Waals surface area contributed by atoms with E-state index in [2.05, 4.69) is 17.1 Å². The van der Waals surface area contributed by atoms with Crippen molar-refractivity contribution in [2.75, 3.05) is 0 Å². The fraction of sp³-hybridized carbons (Fsp3) is 0.800. The Balaban J connectivity index is 2.10. The summed E-state index contributed by atoms with van der Waals surface area (Å²) in [4.78, 5) is 11.3. The van der Waals surface area contributed by atoms with Gasteiger partial charge in [0.25, 0.3) is 0 Å². The van der Waals surface area contributed by atoms with Gasteiger partial charge in [0.05, 0.1) is 12.1 Å². The molecule has 0 aromatic carbocycles. The Labute approximate surface area is 88.1 Å². The quantitative estimate of drug-likeness (QED) is 0.749. The number of hydrogen-bond acceptors (Lipinski definition) is 3. The highest BCUT2D eigenvalue weighted by Crippen LogP contribution is 2.32. The highest BCUT2D eigenvalue weighted by molar-refractivity contribution is 4.86. The van der Waals surface area contributed by atoms with Crippen LogP contribution in [0.1, 0.15) is 32.6 Å². The summed E-state index contributed by atoms with van der Waals surface area (Å²) in [6.07, 6.45) is 5.19. The molecule has 2 unspecified atom stereocenters. The van der Waals surface area contributed by atoms with Crippen LogP contribution < -0.4 is 5.69 Å². The first-order valence-corrected chi connectivity index (χ1v) is 5.41.